The van der Waals surface area contributed by atoms with Gasteiger partial charge in [0.1, 0.15) is 30.0 Å². The standard InChI is InChI=1S/C30H31F2NO4/c1-17-10-11-33(15-17)18(2)16-36-23-7-4-20(5-8-23)30-28(21-12-25(31)29(35)26(32)13-21)19(3)24-14-22(34)6-9-27(24)37-30/h4-9,12-14,17-18,30,34-35H,10-11,15-16H2,1-3H3/t17-,18+,30?/m1/s1. The van der Waals surface area contributed by atoms with Crippen LogP contribution in [0.5, 0.6) is 23.0 Å². The molecule has 0 aliphatic carbocycles. The molecule has 0 aromatic heterocycles. The van der Waals surface area contributed by atoms with E-state index in [0.717, 1.165) is 36.5 Å². The SMILES string of the molecule is CC1=C(c2cc(F)c(O)c(F)c2)C(c2ccc(OC[C@H](C)N3CC[C@@H](C)C3)cc2)Oc2ccc(O)cc21. The van der Waals surface area contributed by atoms with Crippen molar-refractivity contribution in [3.05, 3.63) is 82.9 Å². The van der Waals surface area contributed by atoms with Crippen molar-refractivity contribution in [1.29, 1.82) is 0 Å². The van der Waals surface area contributed by atoms with Gasteiger partial charge in [0, 0.05) is 23.7 Å². The maximum absolute atomic E-state index is 14.3. The van der Waals surface area contributed by atoms with E-state index in [1.165, 1.54) is 12.5 Å². The van der Waals surface area contributed by atoms with Gasteiger partial charge < -0.3 is 19.7 Å². The minimum atomic E-state index is -1.05. The Kier molecular flexibility index (Phi) is 6.82. The van der Waals surface area contributed by atoms with E-state index in [0.29, 0.717) is 41.0 Å². The first-order valence-corrected chi connectivity index (χ1v) is 12.6. The molecule has 1 saturated heterocycles. The van der Waals surface area contributed by atoms with Crippen LogP contribution in [0.2, 0.25) is 0 Å². The van der Waals surface area contributed by atoms with Gasteiger partial charge in [-0.1, -0.05) is 19.1 Å². The summed E-state index contributed by atoms with van der Waals surface area (Å²) in [5.74, 6) is -1.07. The van der Waals surface area contributed by atoms with Gasteiger partial charge >= 0.3 is 0 Å². The molecule has 0 radical (unpaired) electrons. The molecule has 37 heavy (non-hydrogen) atoms. The van der Waals surface area contributed by atoms with E-state index >= 15 is 0 Å². The Morgan fingerprint density at radius 3 is 2.41 bits per heavy atom. The van der Waals surface area contributed by atoms with Gasteiger partial charge in [0.05, 0.1) is 0 Å². The molecule has 3 aromatic rings. The number of ether oxygens (including phenoxy) is 2. The molecule has 0 saturated carbocycles. The van der Waals surface area contributed by atoms with Crippen molar-refractivity contribution in [2.24, 2.45) is 5.92 Å². The Hall–Kier alpha value is -3.58. The van der Waals surface area contributed by atoms with Crippen molar-refractivity contribution in [3.8, 4) is 23.0 Å². The van der Waals surface area contributed by atoms with Crippen LogP contribution in [0.4, 0.5) is 8.78 Å². The quantitative estimate of drug-likeness (QED) is 0.396. The Morgan fingerprint density at radius 1 is 1.05 bits per heavy atom. The Morgan fingerprint density at radius 2 is 1.76 bits per heavy atom. The zero-order chi connectivity index (χ0) is 26.3. The third-order valence-electron chi connectivity index (χ3n) is 7.36. The second-order valence-corrected chi connectivity index (χ2v) is 10.1. The largest absolute Gasteiger partial charge is 0.508 e. The van der Waals surface area contributed by atoms with Crippen molar-refractivity contribution < 1.29 is 28.5 Å². The highest BCUT2D eigenvalue weighted by Gasteiger charge is 2.31. The second-order valence-electron chi connectivity index (χ2n) is 10.1. The lowest BCUT2D eigenvalue weighted by Gasteiger charge is -2.31. The molecule has 3 atom stereocenters. The third kappa shape index (κ3) is 5.01. The van der Waals surface area contributed by atoms with E-state index in [2.05, 4.69) is 18.7 Å². The molecule has 0 amide bonds. The van der Waals surface area contributed by atoms with Gasteiger partial charge in [-0.3, -0.25) is 4.90 Å². The molecule has 1 unspecified atom stereocenters. The second kappa shape index (κ2) is 10.1. The van der Waals surface area contributed by atoms with E-state index in [-0.39, 0.29) is 11.3 Å². The molecule has 2 N–H and O–H groups in total. The summed E-state index contributed by atoms with van der Waals surface area (Å²) in [5.41, 5.74) is 2.90. The molecular weight excluding hydrogens is 476 g/mol. The number of nitrogens with zero attached hydrogens (tertiary/aromatic N) is 1. The number of allylic oxidation sites excluding steroid dienone is 1. The van der Waals surface area contributed by atoms with Gasteiger partial charge in [-0.2, -0.15) is 0 Å². The number of phenols is 2. The van der Waals surface area contributed by atoms with E-state index in [1.54, 1.807) is 12.1 Å². The average Bonchev–Trinajstić information content (AvgIpc) is 3.32. The number of likely N-dealkylation sites (tertiary alicyclic amines) is 1. The molecule has 3 aromatic carbocycles. The van der Waals surface area contributed by atoms with Gasteiger partial charge in [-0.05, 0) is 91.9 Å². The minimum absolute atomic E-state index is 0.0571. The summed E-state index contributed by atoms with van der Waals surface area (Å²) in [6.07, 6.45) is 0.548. The van der Waals surface area contributed by atoms with E-state index in [4.69, 9.17) is 9.47 Å². The smallest absolute Gasteiger partial charge is 0.187 e. The first-order chi connectivity index (χ1) is 17.7. The molecule has 7 heteroatoms. The number of aromatic hydroxyl groups is 2. The highest BCUT2D eigenvalue weighted by molar-refractivity contribution is 5.95. The predicted octanol–water partition coefficient (Wildman–Crippen LogP) is 6.55. The molecule has 5 nitrogen and oxygen atoms in total. The third-order valence-corrected chi connectivity index (χ3v) is 7.36. The molecule has 0 bridgehead atoms. The molecule has 1 fully saturated rings. The van der Waals surface area contributed by atoms with Gasteiger partial charge in [-0.25, -0.2) is 8.78 Å². The molecule has 194 valence electrons. The summed E-state index contributed by atoms with van der Waals surface area (Å²) >= 11 is 0. The first kappa shape index (κ1) is 25.1. The van der Waals surface area contributed by atoms with E-state index in [9.17, 15) is 19.0 Å². The van der Waals surface area contributed by atoms with E-state index < -0.39 is 23.5 Å². The normalized spacial score (nSPS) is 20.5. The lowest BCUT2D eigenvalue weighted by atomic mass is 9.86. The van der Waals surface area contributed by atoms with Gasteiger partial charge in [0.15, 0.2) is 17.4 Å². The lowest BCUT2D eigenvalue weighted by molar-refractivity contribution is 0.169. The lowest BCUT2D eigenvalue weighted by Crippen LogP contribution is -2.35. The number of hydrogen-bond donors (Lipinski definition) is 2. The van der Waals surface area contributed by atoms with Crippen molar-refractivity contribution in [3.63, 3.8) is 0 Å². The molecule has 2 aliphatic rings. The maximum Gasteiger partial charge on any atom is 0.187 e. The zero-order valence-electron chi connectivity index (χ0n) is 21.2. The summed E-state index contributed by atoms with van der Waals surface area (Å²) in [5, 5.41) is 19.7. The van der Waals surface area contributed by atoms with Crippen molar-refractivity contribution in [1.82, 2.24) is 4.90 Å². The topological polar surface area (TPSA) is 62.2 Å². The molecule has 2 aliphatic heterocycles. The number of phenolic OH excluding ortho intramolecular Hbond substituents is 2. The summed E-state index contributed by atoms with van der Waals surface area (Å²) < 4.78 is 41.0. The average molecular weight is 508 g/mol. The van der Waals surface area contributed by atoms with Gasteiger partial charge in [0.2, 0.25) is 0 Å². The zero-order valence-corrected chi connectivity index (χ0v) is 21.2. The Bertz CT molecular complexity index is 1310. The predicted molar refractivity (Wildman–Crippen MR) is 139 cm³/mol. The number of halogens is 2. The van der Waals surface area contributed by atoms with Crippen LogP contribution in [-0.2, 0) is 0 Å². The number of rotatable bonds is 6. The van der Waals surface area contributed by atoms with Gasteiger partial charge in [-0.15, -0.1) is 0 Å². The minimum Gasteiger partial charge on any atom is -0.508 e. The summed E-state index contributed by atoms with van der Waals surface area (Å²) in [6.45, 7) is 9.03. The highest BCUT2D eigenvalue weighted by Crippen LogP contribution is 2.48. The maximum atomic E-state index is 14.3. The van der Waals surface area contributed by atoms with Crippen LogP contribution in [-0.4, -0.2) is 40.9 Å². The van der Waals surface area contributed by atoms with Crippen LogP contribution < -0.4 is 9.47 Å². The fourth-order valence-electron chi connectivity index (χ4n) is 5.20. The molecule has 2 heterocycles. The van der Waals surface area contributed by atoms with Crippen LogP contribution in [0.3, 0.4) is 0 Å². The van der Waals surface area contributed by atoms with Crippen molar-refractivity contribution >= 4 is 11.1 Å². The number of hydrogen-bond acceptors (Lipinski definition) is 5. The molecule has 5 rings (SSSR count). The summed E-state index contributed by atoms with van der Waals surface area (Å²) in [7, 11) is 0. The Balaban J connectivity index is 1.44. The Labute approximate surface area is 215 Å². The molecular formula is C30H31F2NO4. The summed E-state index contributed by atoms with van der Waals surface area (Å²) in [6, 6.07) is 14.8. The van der Waals surface area contributed by atoms with Crippen LogP contribution in [0.25, 0.3) is 11.1 Å². The van der Waals surface area contributed by atoms with Crippen molar-refractivity contribution in [2.75, 3.05) is 19.7 Å². The number of benzene rings is 3. The number of fused-ring (bicyclic) bond motifs is 1. The van der Waals surface area contributed by atoms with E-state index in [1.807, 2.05) is 31.2 Å². The fourth-order valence-corrected chi connectivity index (χ4v) is 5.20. The van der Waals surface area contributed by atoms with Crippen LogP contribution >= 0.6 is 0 Å². The highest BCUT2D eigenvalue weighted by atomic mass is 19.1. The first-order valence-electron chi connectivity index (χ1n) is 12.6. The fraction of sp³-hybridized carbons (Fsp3) is 0.333. The van der Waals surface area contributed by atoms with Crippen LogP contribution in [0.15, 0.2) is 54.6 Å². The molecule has 0 spiro atoms. The van der Waals surface area contributed by atoms with Crippen LogP contribution in [0, 0.1) is 17.6 Å². The van der Waals surface area contributed by atoms with Gasteiger partial charge in [0.25, 0.3) is 0 Å². The van der Waals surface area contributed by atoms with Crippen molar-refractivity contribution in [2.45, 2.75) is 39.3 Å². The summed E-state index contributed by atoms with van der Waals surface area (Å²) in [4.78, 5) is 2.44. The van der Waals surface area contributed by atoms with Crippen LogP contribution in [0.1, 0.15) is 50.0 Å². The monoisotopic (exact) mass is 507 g/mol.